The molecule has 0 radical (unpaired) electrons. The lowest BCUT2D eigenvalue weighted by Crippen LogP contribution is -2.06. The van der Waals surface area contributed by atoms with Crippen LogP contribution in [0.4, 0.5) is 0 Å². The summed E-state index contributed by atoms with van der Waals surface area (Å²) in [7, 11) is 0. The molecule has 0 aliphatic heterocycles. The molecule has 0 bridgehead atoms. The maximum Gasteiger partial charge on any atom is 0.338 e. The number of carbonyl (C=O) groups is 1. The fourth-order valence-electron chi connectivity index (χ4n) is 1.47. The van der Waals surface area contributed by atoms with Gasteiger partial charge < -0.3 is 4.74 Å². The van der Waals surface area contributed by atoms with Gasteiger partial charge in [0.05, 0.1) is 12.2 Å². The lowest BCUT2D eigenvalue weighted by Gasteiger charge is -2.04. The minimum atomic E-state index is -0.212. The van der Waals surface area contributed by atoms with Crippen molar-refractivity contribution in [3.05, 3.63) is 35.4 Å². The Morgan fingerprint density at radius 2 is 1.81 bits per heavy atom. The van der Waals surface area contributed by atoms with E-state index in [1.54, 1.807) is 0 Å². The highest BCUT2D eigenvalue weighted by atomic mass is 16.5. The SMILES string of the molecule is CCCCCCOC(=O)c1ccc(C)cc1. The number of benzene rings is 1. The molecule has 16 heavy (non-hydrogen) atoms. The Kier molecular flexibility index (Phi) is 5.62. The standard InChI is InChI=1S/C14H20O2/c1-3-4-5-6-11-16-14(15)13-9-7-12(2)8-10-13/h7-10H,3-6,11H2,1-2H3. The van der Waals surface area contributed by atoms with Crippen molar-refractivity contribution >= 4 is 5.97 Å². The monoisotopic (exact) mass is 220 g/mol. The van der Waals surface area contributed by atoms with Crippen molar-refractivity contribution < 1.29 is 9.53 Å². The molecule has 0 spiro atoms. The molecule has 0 heterocycles. The van der Waals surface area contributed by atoms with E-state index in [1.807, 2.05) is 31.2 Å². The van der Waals surface area contributed by atoms with Crippen molar-refractivity contribution in [3.63, 3.8) is 0 Å². The van der Waals surface area contributed by atoms with Gasteiger partial charge in [0.1, 0.15) is 0 Å². The highest BCUT2D eigenvalue weighted by molar-refractivity contribution is 5.89. The highest BCUT2D eigenvalue weighted by Gasteiger charge is 2.05. The Balaban J connectivity index is 2.27. The molecule has 0 aliphatic carbocycles. The van der Waals surface area contributed by atoms with Gasteiger partial charge in [0, 0.05) is 0 Å². The number of rotatable bonds is 6. The summed E-state index contributed by atoms with van der Waals surface area (Å²) in [6.45, 7) is 4.70. The van der Waals surface area contributed by atoms with Crippen LogP contribution in [0.5, 0.6) is 0 Å². The van der Waals surface area contributed by atoms with Crippen LogP contribution in [0.3, 0.4) is 0 Å². The van der Waals surface area contributed by atoms with Crippen molar-refractivity contribution in [3.8, 4) is 0 Å². The third kappa shape index (κ3) is 4.47. The zero-order valence-corrected chi connectivity index (χ0v) is 10.2. The fourth-order valence-corrected chi connectivity index (χ4v) is 1.47. The zero-order chi connectivity index (χ0) is 11.8. The maximum atomic E-state index is 11.6. The second kappa shape index (κ2) is 7.04. The van der Waals surface area contributed by atoms with E-state index in [0.29, 0.717) is 12.2 Å². The van der Waals surface area contributed by atoms with Gasteiger partial charge in [-0.3, -0.25) is 0 Å². The first kappa shape index (κ1) is 12.8. The molecule has 0 saturated heterocycles. The minimum absolute atomic E-state index is 0.212. The number of unbranched alkanes of at least 4 members (excludes halogenated alkanes) is 3. The van der Waals surface area contributed by atoms with Crippen LogP contribution in [0.25, 0.3) is 0 Å². The molecule has 0 aliphatic rings. The predicted octanol–water partition coefficient (Wildman–Crippen LogP) is 3.73. The molecule has 2 nitrogen and oxygen atoms in total. The van der Waals surface area contributed by atoms with Crippen LogP contribution in [-0.2, 0) is 4.74 Å². The Labute approximate surface area is 97.6 Å². The Morgan fingerprint density at radius 1 is 1.12 bits per heavy atom. The topological polar surface area (TPSA) is 26.3 Å². The predicted molar refractivity (Wildman–Crippen MR) is 65.6 cm³/mol. The summed E-state index contributed by atoms with van der Waals surface area (Å²) in [6, 6.07) is 7.47. The summed E-state index contributed by atoms with van der Waals surface area (Å²) < 4.78 is 5.18. The van der Waals surface area contributed by atoms with Gasteiger partial charge in [-0.1, -0.05) is 43.9 Å². The first-order valence-electron chi connectivity index (χ1n) is 5.98. The fraction of sp³-hybridized carbons (Fsp3) is 0.500. The highest BCUT2D eigenvalue weighted by Crippen LogP contribution is 2.06. The van der Waals surface area contributed by atoms with Gasteiger partial charge in [0.15, 0.2) is 0 Å². The summed E-state index contributed by atoms with van der Waals surface area (Å²) in [5, 5.41) is 0. The van der Waals surface area contributed by atoms with Gasteiger partial charge in [-0.15, -0.1) is 0 Å². The van der Waals surface area contributed by atoms with Crippen LogP contribution < -0.4 is 0 Å². The average molecular weight is 220 g/mol. The van der Waals surface area contributed by atoms with Gasteiger partial charge in [0.25, 0.3) is 0 Å². The lowest BCUT2D eigenvalue weighted by molar-refractivity contribution is 0.0498. The molecular formula is C14H20O2. The lowest BCUT2D eigenvalue weighted by atomic mass is 10.1. The van der Waals surface area contributed by atoms with Crippen molar-refractivity contribution in [2.24, 2.45) is 0 Å². The molecule has 0 N–H and O–H groups in total. The summed E-state index contributed by atoms with van der Waals surface area (Å²) in [4.78, 5) is 11.6. The van der Waals surface area contributed by atoms with E-state index in [2.05, 4.69) is 6.92 Å². The smallest absolute Gasteiger partial charge is 0.338 e. The summed E-state index contributed by atoms with van der Waals surface area (Å²) in [5.74, 6) is -0.212. The molecule has 1 aromatic rings. The van der Waals surface area contributed by atoms with Crippen LogP contribution in [-0.4, -0.2) is 12.6 Å². The van der Waals surface area contributed by atoms with E-state index in [4.69, 9.17) is 4.74 Å². The Morgan fingerprint density at radius 3 is 2.44 bits per heavy atom. The second-order valence-corrected chi connectivity index (χ2v) is 4.06. The molecule has 0 atom stereocenters. The van der Waals surface area contributed by atoms with E-state index >= 15 is 0 Å². The number of hydrogen-bond donors (Lipinski definition) is 0. The minimum Gasteiger partial charge on any atom is -0.462 e. The van der Waals surface area contributed by atoms with Crippen molar-refractivity contribution in [1.82, 2.24) is 0 Å². The van der Waals surface area contributed by atoms with Crippen LogP contribution in [0.1, 0.15) is 48.5 Å². The number of carbonyl (C=O) groups excluding carboxylic acids is 1. The molecule has 1 aromatic carbocycles. The molecular weight excluding hydrogens is 200 g/mol. The van der Waals surface area contributed by atoms with E-state index in [0.717, 1.165) is 18.4 Å². The third-order valence-electron chi connectivity index (χ3n) is 2.52. The zero-order valence-electron chi connectivity index (χ0n) is 10.2. The summed E-state index contributed by atoms with van der Waals surface area (Å²) >= 11 is 0. The van der Waals surface area contributed by atoms with Gasteiger partial charge in [0.2, 0.25) is 0 Å². The first-order valence-corrected chi connectivity index (χ1v) is 5.98. The number of esters is 1. The molecule has 0 aromatic heterocycles. The quantitative estimate of drug-likeness (QED) is 0.539. The molecule has 88 valence electrons. The third-order valence-corrected chi connectivity index (χ3v) is 2.52. The molecule has 0 amide bonds. The Hall–Kier alpha value is -1.31. The van der Waals surface area contributed by atoms with Crippen LogP contribution >= 0.6 is 0 Å². The molecule has 0 fully saturated rings. The molecule has 2 heteroatoms. The summed E-state index contributed by atoms with van der Waals surface area (Å²) in [5.41, 5.74) is 1.79. The Bertz CT molecular complexity index is 314. The maximum absolute atomic E-state index is 11.6. The van der Waals surface area contributed by atoms with Crippen molar-refractivity contribution in [1.29, 1.82) is 0 Å². The summed E-state index contributed by atoms with van der Waals surface area (Å²) in [6.07, 6.45) is 4.51. The van der Waals surface area contributed by atoms with Crippen LogP contribution in [0.15, 0.2) is 24.3 Å². The van der Waals surface area contributed by atoms with E-state index < -0.39 is 0 Å². The van der Waals surface area contributed by atoms with E-state index in [1.165, 1.54) is 12.8 Å². The van der Waals surface area contributed by atoms with Gasteiger partial charge in [-0.25, -0.2) is 4.79 Å². The number of aryl methyl sites for hydroxylation is 1. The molecule has 0 saturated carbocycles. The van der Waals surface area contributed by atoms with Crippen molar-refractivity contribution in [2.75, 3.05) is 6.61 Å². The van der Waals surface area contributed by atoms with Crippen molar-refractivity contribution in [2.45, 2.75) is 39.5 Å². The first-order chi connectivity index (χ1) is 7.74. The van der Waals surface area contributed by atoms with Gasteiger partial charge in [-0.2, -0.15) is 0 Å². The van der Waals surface area contributed by atoms with Gasteiger partial charge >= 0.3 is 5.97 Å². The van der Waals surface area contributed by atoms with Crippen LogP contribution in [0, 0.1) is 6.92 Å². The van der Waals surface area contributed by atoms with E-state index in [-0.39, 0.29) is 5.97 Å². The largest absolute Gasteiger partial charge is 0.462 e. The second-order valence-electron chi connectivity index (χ2n) is 4.06. The number of hydrogen-bond acceptors (Lipinski definition) is 2. The van der Waals surface area contributed by atoms with Gasteiger partial charge in [-0.05, 0) is 25.5 Å². The molecule has 1 rings (SSSR count). The van der Waals surface area contributed by atoms with Crippen LogP contribution in [0.2, 0.25) is 0 Å². The number of ether oxygens (including phenoxy) is 1. The normalized spacial score (nSPS) is 10.1. The average Bonchev–Trinajstić information content (AvgIpc) is 2.29. The van der Waals surface area contributed by atoms with E-state index in [9.17, 15) is 4.79 Å². The molecule has 0 unspecified atom stereocenters.